The third-order valence-electron chi connectivity index (χ3n) is 5.96. The molecule has 2 amide bonds. The van der Waals surface area contributed by atoms with Gasteiger partial charge in [-0.15, -0.1) is 0 Å². The number of carbonyl (C=O) groups is 2. The summed E-state index contributed by atoms with van der Waals surface area (Å²) in [6, 6.07) is 16.8. The van der Waals surface area contributed by atoms with E-state index in [9.17, 15) is 9.59 Å². The maximum Gasteiger partial charge on any atom is 0.251 e. The maximum atomic E-state index is 12.8. The normalized spacial score (nSPS) is 19.8. The van der Waals surface area contributed by atoms with Crippen molar-refractivity contribution < 1.29 is 19.5 Å². The molecule has 2 atom stereocenters. The summed E-state index contributed by atoms with van der Waals surface area (Å²) in [5.41, 5.74) is 4.27. The van der Waals surface area contributed by atoms with E-state index in [0.29, 0.717) is 24.5 Å². The molecule has 8 nitrogen and oxygen atoms in total. The highest BCUT2D eigenvalue weighted by Gasteiger charge is 2.46. The molecule has 32 heavy (non-hydrogen) atoms. The SMILES string of the molecule is Cc1cc(COc2ccc(C(=O)NC3(CC(=O)NO)CNC3C)cc2)c2ccccc2n1. The van der Waals surface area contributed by atoms with Crippen molar-refractivity contribution in [1.29, 1.82) is 0 Å². The molecule has 166 valence electrons. The van der Waals surface area contributed by atoms with Gasteiger partial charge in [-0.05, 0) is 50.2 Å². The minimum Gasteiger partial charge on any atom is -0.489 e. The number of fused-ring (bicyclic) bond motifs is 1. The summed E-state index contributed by atoms with van der Waals surface area (Å²) in [6.45, 7) is 4.68. The molecule has 2 unspecified atom stereocenters. The number of hydroxylamine groups is 1. The monoisotopic (exact) mass is 434 g/mol. The average molecular weight is 434 g/mol. The van der Waals surface area contributed by atoms with Crippen LogP contribution < -0.4 is 20.9 Å². The fourth-order valence-corrected chi connectivity index (χ4v) is 3.97. The van der Waals surface area contributed by atoms with E-state index in [2.05, 4.69) is 15.6 Å². The zero-order valence-corrected chi connectivity index (χ0v) is 18.0. The van der Waals surface area contributed by atoms with E-state index < -0.39 is 11.4 Å². The molecule has 4 rings (SSSR count). The number of pyridine rings is 1. The van der Waals surface area contributed by atoms with Crippen molar-refractivity contribution in [3.63, 3.8) is 0 Å². The van der Waals surface area contributed by atoms with E-state index in [0.717, 1.165) is 22.2 Å². The Kier molecular flexibility index (Phi) is 6.07. The number of carbonyl (C=O) groups excluding carboxylic acids is 2. The summed E-state index contributed by atoms with van der Waals surface area (Å²) >= 11 is 0. The Morgan fingerprint density at radius 2 is 1.97 bits per heavy atom. The summed E-state index contributed by atoms with van der Waals surface area (Å²) in [5, 5.41) is 16.0. The van der Waals surface area contributed by atoms with Crippen LogP contribution in [0.15, 0.2) is 54.6 Å². The van der Waals surface area contributed by atoms with Crippen LogP contribution in [0.1, 0.15) is 35.0 Å². The van der Waals surface area contributed by atoms with Crippen molar-refractivity contribution in [2.24, 2.45) is 0 Å². The first-order chi connectivity index (χ1) is 15.4. The predicted octanol–water partition coefficient (Wildman–Crippen LogP) is 2.48. The van der Waals surface area contributed by atoms with Gasteiger partial charge < -0.3 is 15.4 Å². The van der Waals surface area contributed by atoms with Crippen molar-refractivity contribution in [2.45, 2.75) is 38.5 Å². The Labute approximate surface area is 186 Å². The molecule has 1 aliphatic heterocycles. The van der Waals surface area contributed by atoms with Gasteiger partial charge in [0.25, 0.3) is 5.91 Å². The van der Waals surface area contributed by atoms with Crippen LogP contribution in [0.4, 0.5) is 0 Å². The first-order valence-corrected chi connectivity index (χ1v) is 10.5. The van der Waals surface area contributed by atoms with Crippen LogP contribution in [0.25, 0.3) is 10.9 Å². The van der Waals surface area contributed by atoms with Crippen LogP contribution in [0.3, 0.4) is 0 Å². The van der Waals surface area contributed by atoms with E-state index in [1.54, 1.807) is 29.7 Å². The standard InChI is InChI=1S/C24H26N4O4/c1-15-11-18(20-5-3-4-6-21(20)26-15)13-32-19-9-7-17(8-10-19)23(30)27-24(12-22(29)28-31)14-25-16(24)2/h3-11,16,25,31H,12-14H2,1-2H3,(H,27,30)(H,28,29). The van der Waals surface area contributed by atoms with Gasteiger partial charge in [0, 0.05) is 34.8 Å². The third-order valence-corrected chi connectivity index (χ3v) is 5.96. The number of aromatic nitrogens is 1. The predicted molar refractivity (Wildman–Crippen MR) is 119 cm³/mol. The average Bonchev–Trinajstić information content (AvgIpc) is 2.81. The number of hydrogen-bond acceptors (Lipinski definition) is 6. The van der Waals surface area contributed by atoms with Gasteiger partial charge in [-0.1, -0.05) is 18.2 Å². The second-order valence-electron chi connectivity index (χ2n) is 8.18. The summed E-state index contributed by atoms with van der Waals surface area (Å²) in [6.07, 6.45) is -0.0100. The van der Waals surface area contributed by atoms with E-state index in [-0.39, 0.29) is 18.4 Å². The number of amides is 2. The van der Waals surface area contributed by atoms with Crippen molar-refractivity contribution in [2.75, 3.05) is 6.54 Å². The lowest BCUT2D eigenvalue weighted by molar-refractivity contribution is -0.131. The molecule has 4 N–H and O–H groups in total. The molecule has 1 fully saturated rings. The first-order valence-electron chi connectivity index (χ1n) is 10.5. The lowest BCUT2D eigenvalue weighted by Crippen LogP contribution is -2.75. The van der Waals surface area contributed by atoms with E-state index in [1.165, 1.54) is 0 Å². The minimum atomic E-state index is -0.737. The summed E-state index contributed by atoms with van der Waals surface area (Å²) in [4.78, 5) is 29.0. The van der Waals surface area contributed by atoms with Gasteiger partial charge >= 0.3 is 0 Å². The fourth-order valence-electron chi connectivity index (χ4n) is 3.97. The number of benzene rings is 2. The van der Waals surface area contributed by atoms with Gasteiger partial charge in [0.2, 0.25) is 5.91 Å². The topological polar surface area (TPSA) is 113 Å². The largest absolute Gasteiger partial charge is 0.489 e. The number of para-hydroxylation sites is 1. The fraction of sp³-hybridized carbons (Fsp3) is 0.292. The van der Waals surface area contributed by atoms with Crippen LogP contribution in [0, 0.1) is 6.92 Å². The van der Waals surface area contributed by atoms with Gasteiger partial charge in [0.1, 0.15) is 12.4 Å². The second kappa shape index (κ2) is 8.94. The second-order valence-corrected chi connectivity index (χ2v) is 8.18. The Hall–Kier alpha value is -3.49. The molecular formula is C24H26N4O4. The lowest BCUT2D eigenvalue weighted by atomic mass is 9.80. The van der Waals surface area contributed by atoms with Crippen LogP contribution in [0.2, 0.25) is 0 Å². The lowest BCUT2D eigenvalue weighted by Gasteiger charge is -2.49. The van der Waals surface area contributed by atoms with Gasteiger partial charge in [-0.2, -0.15) is 0 Å². The molecule has 1 saturated heterocycles. The highest BCUT2D eigenvalue weighted by Crippen LogP contribution is 2.25. The minimum absolute atomic E-state index is 0.0100. The summed E-state index contributed by atoms with van der Waals surface area (Å²) in [5.74, 6) is -0.180. The van der Waals surface area contributed by atoms with Crippen LogP contribution in [0.5, 0.6) is 5.75 Å². The Balaban J connectivity index is 1.42. The van der Waals surface area contributed by atoms with Crippen molar-refractivity contribution >= 4 is 22.7 Å². The number of hydrogen-bond donors (Lipinski definition) is 4. The number of rotatable bonds is 7. The molecule has 0 aliphatic carbocycles. The van der Waals surface area contributed by atoms with Crippen molar-refractivity contribution in [3.05, 3.63) is 71.4 Å². The van der Waals surface area contributed by atoms with E-state index in [1.807, 2.05) is 44.2 Å². The molecule has 2 aromatic carbocycles. The van der Waals surface area contributed by atoms with Crippen LogP contribution >= 0.6 is 0 Å². The van der Waals surface area contributed by atoms with Crippen LogP contribution in [-0.4, -0.2) is 40.1 Å². The number of nitrogens with one attached hydrogen (secondary N) is 3. The van der Waals surface area contributed by atoms with E-state index in [4.69, 9.17) is 9.94 Å². The molecule has 1 aliphatic rings. The highest BCUT2D eigenvalue weighted by molar-refractivity contribution is 5.95. The van der Waals surface area contributed by atoms with Crippen LogP contribution in [-0.2, 0) is 11.4 Å². The molecule has 0 spiro atoms. The zero-order chi connectivity index (χ0) is 22.7. The molecule has 8 heteroatoms. The smallest absolute Gasteiger partial charge is 0.251 e. The van der Waals surface area contributed by atoms with Crippen molar-refractivity contribution in [1.82, 2.24) is 21.1 Å². The number of nitrogens with zero attached hydrogens (tertiary/aromatic N) is 1. The molecular weight excluding hydrogens is 408 g/mol. The third kappa shape index (κ3) is 4.42. The van der Waals surface area contributed by atoms with Gasteiger partial charge in [0.05, 0.1) is 17.5 Å². The molecule has 0 radical (unpaired) electrons. The van der Waals surface area contributed by atoms with Gasteiger partial charge in [0.15, 0.2) is 0 Å². The molecule has 3 aromatic rings. The summed E-state index contributed by atoms with van der Waals surface area (Å²) in [7, 11) is 0. The summed E-state index contributed by atoms with van der Waals surface area (Å²) < 4.78 is 5.96. The van der Waals surface area contributed by atoms with Gasteiger partial charge in [-0.3, -0.25) is 19.8 Å². The Bertz CT molecular complexity index is 1150. The Morgan fingerprint density at radius 1 is 1.22 bits per heavy atom. The van der Waals surface area contributed by atoms with Crippen molar-refractivity contribution in [3.8, 4) is 5.75 Å². The molecule has 0 bridgehead atoms. The number of ether oxygens (including phenoxy) is 1. The Morgan fingerprint density at radius 3 is 2.62 bits per heavy atom. The molecule has 0 saturated carbocycles. The quantitative estimate of drug-likeness (QED) is 0.336. The zero-order valence-electron chi connectivity index (χ0n) is 18.0. The van der Waals surface area contributed by atoms with Gasteiger partial charge in [-0.25, -0.2) is 5.48 Å². The van der Waals surface area contributed by atoms with E-state index >= 15 is 0 Å². The first kappa shape index (κ1) is 21.7. The molecule has 2 heterocycles. The maximum absolute atomic E-state index is 12.8. The molecule has 1 aromatic heterocycles. The number of aryl methyl sites for hydroxylation is 1. The highest BCUT2D eigenvalue weighted by atomic mass is 16.5.